The van der Waals surface area contributed by atoms with Crippen LogP contribution in [0.25, 0.3) is 5.57 Å². The van der Waals surface area contributed by atoms with Crippen LogP contribution in [-0.4, -0.2) is 34.7 Å². The van der Waals surface area contributed by atoms with E-state index in [0.717, 1.165) is 58.6 Å². The topological polar surface area (TPSA) is 79.9 Å². The number of benzene rings is 2. The number of aliphatic hydroxyl groups is 2. The van der Waals surface area contributed by atoms with Gasteiger partial charge in [0.25, 0.3) is 0 Å². The molecule has 1 saturated heterocycles. The Labute approximate surface area is 235 Å². The first-order valence-corrected chi connectivity index (χ1v) is 13.9. The van der Waals surface area contributed by atoms with Crippen LogP contribution in [0.3, 0.4) is 0 Å². The van der Waals surface area contributed by atoms with Crippen molar-refractivity contribution in [2.45, 2.75) is 58.3 Å². The fourth-order valence-corrected chi connectivity index (χ4v) is 6.06. The van der Waals surface area contributed by atoms with Crippen molar-refractivity contribution in [2.24, 2.45) is 5.41 Å². The molecule has 0 bridgehead atoms. The van der Waals surface area contributed by atoms with E-state index in [2.05, 4.69) is 24.8 Å². The molecule has 1 aromatic heterocycles. The number of aromatic nitrogens is 1. The molecule has 1 atom stereocenters. The summed E-state index contributed by atoms with van der Waals surface area (Å²) in [4.78, 5) is 2.39. The number of hydrogen-bond acceptors (Lipinski definition) is 5. The number of nitrogens with zero attached hydrogens (tertiary/aromatic N) is 2. The van der Waals surface area contributed by atoms with Gasteiger partial charge in [-0.15, -0.1) is 0 Å². The number of hydrogen-bond donors (Lipinski definition) is 2. The minimum Gasteiger partial charge on any atom is -0.618 e. The molecule has 5 rings (SSSR count). The molecule has 0 aliphatic carbocycles. The summed E-state index contributed by atoms with van der Waals surface area (Å²) < 4.78 is 6.93. The van der Waals surface area contributed by atoms with Crippen molar-refractivity contribution in [3.8, 4) is 5.75 Å². The molecular weight excluding hydrogens is 512 g/mol. The third kappa shape index (κ3) is 5.31. The molecule has 206 valence electrons. The minimum atomic E-state index is -1.01. The molecule has 3 aromatic rings. The molecule has 0 radical (unpaired) electrons. The normalized spacial score (nSPS) is 22.1. The lowest BCUT2D eigenvalue weighted by atomic mass is 9.66. The van der Waals surface area contributed by atoms with Crippen LogP contribution in [0.1, 0.15) is 68.5 Å². The predicted molar refractivity (Wildman–Crippen MR) is 153 cm³/mol. The number of rotatable bonds is 5. The Balaban J connectivity index is 1.41. The van der Waals surface area contributed by atoms with E-state index in [4.69, 9.17) is 16.3 Å². The van der Waals surface area contributed by atoms with Gasteiger partial charge < -0.3 is 25.1 Å². The van der Waals surface area contributed by atoms with Crippen molar-refractivity contribution in [3.05, 3.63) is 105 Å². The molecule has 1 fully saturated rings. The summed E-state index contributed by atoms with van der Waals surface area (Å²) in [6.45, 7) is 10.3. The second kappa shape index (κ2) is 10.3. The fraction of sp³-hybridized carbons (Fsp3) is 0.406. The zero-order chi connectivity index (χ0) is 28.0. The highest BCUT2D eigenvalue weighted by atomic mass is 35.5. The van der Waals surface area contributed by atoms with Crippen LogP contribution in [0, 0.1) is 10.6 Å². The van der Waals surface area contributed by atoms with Crippen molar-refractivity contribution in [3.63, 3.8) is 0 Å². The Morgan fingerprint density at radius 2 is 1.87 bits per heavy atom. The largest absolute Gasteiger partial charge is 0.618 e. The highest BCUT2D eigenvalue weighted by Gasteiger charge is 2.48. The predicted octanol–water partition coefficient (Wildman–Crippen LogP) is 5.53. The average molecular weight is 549 g/mol. The summed E-state index contributed by atoms with van der Waals surface area (Å²) in [6, 6.07) is 17.0. The molecule has 0 saturated carbocycles. The fourth-order valence-electron chi connectivity index (χ4n) is 5.94. The average Bonchev–Trinajstić information content (AvgIpc) is 3.03. The first-order valence-electron chi connectivity index (χ1n) is 13.5. The third-order valence-electron chi connectivity index (χ3n) is 8.34. The standard InChI is InChI=1S/C32H37ClN2O4/c1-30(2)21-34(18-15-32(30,37)22-9-12-24(33)13-10-22)16-5-7-25-26-8-6-17-35(38)28(26)20-39-29-14-11-23(19-27(25)29)31(3,4)36/h6-14,17,19,36-37H,5,15-16,18,20-21H2,1-4H3/t32-/m0/s1. The maximum atomic E-state index is 12.7. The Bertz CT molecular complexity index is 1390. The smallest absolute Gasteiger partial charge is 0.238 e. The van der Waals surface area contributed by atoms with Gasteiger partial charge in [-0.3, -0.25) is 0 Å². The summed E-state index contributed by atoms with van der Waals surface area (Å²) in [7, 11) is 0. The van der Waals surface area contributed by atoms with Crippen LogP contribution < -0.4 is 9.47 Å². The van der Waals surface area contributed by atoms with Gasteiger partial charge in [-0.25, -0.2) is 0 Å². The lowest BCUT2D eigenvalue weighted by Crippen LogP contribution is -2.55. The van der Waals surface area contributed by atoms with E-state index >= 15 is 0 Å². The molecule has 39 heavy (non-hydrogen) atoms. The van der Waals surface area contributed by atoms with Crippen molar-refractivity contribution < 1.29 is 19.7 Å². The van der Waals surface area contributed by atoms with Gasteiger partial charge in [0, 0.05) is 41.7 Å². The first kappa shape index (κ1) is 27.7. The number of pyridine rings is 1. The second-order valence-corrected chi connectivity index (χ2v) is 12.4. The molecule has 0 amide bonds. The zero-order valence-corrected chi connectivity index (χ0v) is 23.8. The van der Waals surface area contributed by atoms with Crippen LogP contribution in [0.2, 0.25) is 5.02 Å². The lowest BCUT2D eigenvalue weighted by Gasteiger charge is -2.50. The number of piperidine rings is 1. The van der Waals surface area contributed by atoms with Gasteiger partial charge in [0.05, 0.1) is 16.8 Å². The maximum Gasteiger partial charge on any atom is 0.238 e. The van der Waals surface area contributed by atoms with Gasteiger partial charge >= 0.3 is 0 Å². The molecular formula is C32H37ClN2O4. The van der Waals surface area contributed by atoms with E-state index in [-0.39, 0.29) is 12.0 Å². The number of ether oxygens (including phenoxy) is 1. The summed E-state index contributed by atoms with van der Waals surface area (Å²) in [5, 5.41) is 35.7. The Morgan fingerprint density at radius 3 is 2.56 bits per heavy atom. The van der Waals surface area contributed by atoms with E-state index in [1.807, 2.05) is 48.5 Å². The number of fused-ring (bicyclic) bond motifs is 2. The molecule has 2 aromatic carbocycles. The van der Waals surface area contributed by atoms with Gasteiger partial charge in [0.2, 0.25) is 5.69 Å². The summed E-state index contributed by atoms with van der Waals surface area (Å²) in [5.41, 5.74) is 2.59. The first-order chi connectivity index (χ1) is 18.4. The summed E-state index contributed by atoms with van der Waals surface area (Å²) in [5.74, 6) is 0.692. The van der Waals surface area contributed by atoms with E-state index < -0.39 is 11.2 Å². The number of halogens is 1. The molecule has 0 spiro atoms. The SMILES string of the molecule is CC(C)(O)c1ccc2c(c1)C(=CCCN1CC[C@](O)(c3ccc(Cl)cc3)C(C)(C)C1)c1ccc[n+]([O-])c1CO2. The molecule has 3 heterocycles. The molecule has 7 heteroatoms. The molecule has 6 nitrogen and oxygen atoms in total. The second-order valence-electron chi connectivity index (χ2n) is 11.9. The van der Waals surface area contributed by atoms with Gasteiger partial charge in [0.1, 0.15) is 5.75 Å². The molecule has 0 unspecified atom stereocenters. The van der Waals surface area contributed by atoms with Crippen LogP contribution >= 0.6 is 11.6 Å². The Kier molecular flexibility index (Phi) is 7.27. The molecule has 2 aliphatic heterocycles. The van der Waals surface area contributed by atoms with Crippen LogP contribution in [0.4, 0.5) is 0 Å². The molecule has 2 aliphatic rings. The van der Waals surface area contributed by atoms with Crippen molar-refractivity contribution >= 4 is 17.2 Å². The Hall–Kier alpha value is -2.90. The van der Waals surface area contributed by atoms with Gasteiger partial charge in [0.15, 0.2) is 12.8 Å². The lowest BCUT2D eigenvalue weighted by molar-refractivity contribution is -0.616. The molecule has 2 N–H and O–H groups in total. The van der Waals surface area contributed by atoms with E-state index in [1.165, 1.54) is 6.20 Å². The van der Waals surface area contributed by atoms with E-state index in [1.54, 1.807) is 19.9 Å². The monoisotopic (exact) mass is 548 g/mol. The zero-order valence-electron chi connectivity index (χ0n) is 23.1. The third-order valence-corrected chi connectivity index (χ3v) is 8.59. The van der Waals surface area contributed by atoms with E-state index in [0.29, 0.717) is 22.9 Å². The van der Waals surface area contributed by atoms with Crippen LogP contribution in [0.15, 0.2) is 66.9 Å². The van der Waals surface area contributed by atoms with Crippen molar-refractivity contribution in [1.29, 1.82) is 0 Å². The van der Waals surface area contributed by atoms with Crippen LogP contribution in [-0.2, 0) is 17.8 Å². The summed E-state index contributed by atoms with van der Waals surface area (Å²) >= 11 is 6.09. The van der Waals surface area contributed by atoms with Gasteiger partial charge in [-0.1, -0.05) is 49.7 Å². The quantitative estimate of drug-likeness (QED) is 0.323. The summed E-state index contributed by atoms with van der Waals surface area (Å²) in [6.07, 6.45) is 5.05. The van der Waals surface area contributed by atoms with Crippen LogP contribution in [0.5, 0.6) is 5.75 Å². The van der Waals surface area contributed by atoms with Crippen molar-refractivity contribution in [2.75, 3.05) is 19.6 Å². The van der Waals surface area contributed by atoms with Gasteiger partial charge in [-0.2, -0.15) is 4.73 Å². The highest BCUT2D eigenvalue weighted by molar-refractivity contribution is 6.30. The highest BCUT2D eigenvalue weighted by Crippen LogP contribution is 2.46. The maximum absolute atomic E-state index is 12.7. The number of likely N-dealkylation sites (tertiary alicyclic amines) is 1. The van der Waals surface area contributed by atoms with Gasteiger partial charge in [-0.05, 0) is 73.7 Å². The minimum absolute atomic E-state index is 0.176. The Morgan fingerprint density at radius 1 is 1.13 bits per heavy atom. The van der Waals surface area contributed by atoms with Crippen molar-refractivity contribution in [1.82, 2.24) is 4.90 Å². The van der Waals surface area contributed by atoms with E-state index in [9.17, 15) is 15.4 Å².